The van der Waals surface area contributed by atoms with Gasteiger partial charge in [-0.2, -0.15) is 0 Å². The predicted molar refractivity (Wildman–Crippen MR) is 99.4 cm³/mol. The van der Waals surface area contributed by atoms with Crippen molar-refractivity contribution >= 4 is 11.7 Å². The van der Waals surface area contributed by atoms with Crippen molar-refractivity contribution in [1.29, 1.82) is 0 Å². The van der Waals surface area contributed by atoms with Gasteiger partial charge in [0, 0.05) is 30.9 Å². The number of nitrogens with zero attached hydrogens (tertiary/aromatic N) is 1. The highest BCUT2D eigenvalue weighted by atomic mass is 19.4. The van der Waals surface area contributed by atoms with Gasteiger partial charge in [0.15, 0.2) is 0 Å². The lowest BCUT2D eigenvalue weighted by Gasteiger charge is -2.12. The van der Waals surface area contributed by atoms with E-state index in [0.717, 1.165) is 17.7 Å². The average molecular weight is 421 g/mol. The lowest BCUT2D eigenvalue weighted by molar-refractivity contribution is -0.274. The van der Waals surface area contributed by atoms with Gasteiger partial charge in [-0.15, -0.1) is 13.2 Å². The third kappa shape index (κ3) is 5.84. The predicted octanol–water partition coefficient (Wildman–Crippen LogP) is 4.42. The quantitative estimate of drug-likeness (QED) is 0.576. The second-order valence-electron chi connectivity index (χ2n) is 6.04. The summed E-state index contributed by atoms with van der Waals surface area (Å²) in [6.45, 7) is 0.191. The zero-order valence-corrected chi connectivity index (χ0v) is 15.2. The number of nitrogens with two attached hydrogens (primary N) is 1. The lowest BCUT2D eigenvalue weighted by Crippen LogP contribution is -2.24. The van der Waals surface area contributed by atoms with Crippen molar-refractivity contribution in [2.45, 2.75) is 12.9 Å². The van der Waals surface area contributed by atoms with E-state index in [0.29, 0.717) is 6.07 Å². The van der Waals surface area contributed by atoms with Crippen LogP contribution in [0.5, 0.6) is 17.2 Å². The molecule has 0 fully saturated rings. The van der Waals surface area contributed by atoms with Crippen LogP contribution >= 0.6 is 0 Å². The standard InChI is InChI=1S/C20H15F4N3O3/c21-13-8-15(10-16(9-13)30-20(22,23)24)29-14-5-3-12(4-6-14)11-27-19(28)17-2-1-7-26-18(17)25/h1-10H,11H2,(H2,25,26)(H,27,28). The summed E-state index contributed by atoms with van der Waals surface area (Å²) >= 11 is 0. The Morgan fingerprint density at radius 2 is 1.73 bits per heavy atom. The van der Waals surface area contributed by atoms with Gasteiger partial charge in [0.05, 0.1) is 5.56 Å². The minimum absolute atomic E-state index is 0.114. The molecule has 0 aliphatic rings. The maximum absolute atomic E-state index is 13.5. The van der Waals surface area contributed by atoms with Crippen LogP contribution in [0, 0.1) is 5.82 Å². The molecule has 0 saturated carbocycles. The SMILES string of the molecule is Nc1ncccc1C(=O)NCc1ccc(Oc2cc(F)cc(OC(F)(F)F)c2)cc1. The summed E-state index contributed by atoms with van der Waals surface area (Å²) in [5, 5.41) is 2.69. The van der Waals surface area contributed by atoms with Crippen LogP contribution in [-0.4, -0.2) is 17.3 Å². The molecule has 0 radical (unpaired) electrons. The first-order chi connectivity index (χ1) is 14.2. The molecule has 2 aromatic carbocycles. The number of benzene rings is 2. The fourth-order valence-corrected chi connectivity index (χ4v) is 2.49. The number of carbonyl (C=O) groups excluding carboxylic acids is 1. The molecule has 6 nitrogen and oxygen atoms in total. The highest BCUT2D eigenvalue weighted by molar-refractivity contribution is 5.98. The van der Waals surface area contributed by atoms with E-state index in [1.807, 2.05) is 0 Å². The maximum Gasteiger partial charge on any atom is 0.573 e. The molecular weight excluding hydrogens is 406 g/mol. The minimum atomic E-state index is -4.95. The van der Waals surface area contributed by atoms with E-state index < -0.39 is 23.8 Å². The van der Waals surface area contributed by atoms with E-state index in [4.69, 9.17) is 10.5 Å². The van der Waals surface area contributed by atoms with Gasteiger partial charge < -0.3 is 20.5 Å². The smallest absolute Gasteiger partial charge is 0.457 e. The van der Waals surface area contributed by atoms with Crippen LogP contribution in [0.3, 0.4) is 0 Å². The fourth-order valence-electron chi connectivity index (χ4n) is 2.49. The molecule has 3 aromatic rings. The maximum atomic E-state index is 13.5. The van der Waals surface area contributed by atoms with Crippen molar-refractivity contribution in [3.8, 4) is 17.2 Å². The molecule has 10 heteroatoms. The van der Waals surface area contributed by atoms with Crippen LogP contribution in [0.1, 0.15) is 15.9 Å². The van der Waals surface area contributed by atoms with Gasteiger partial charge in [-0.25, -0.2) is 9.37 Å². The van der Waals surface area contributed by atoms with Gasteiger partial charge in [-0.05, 0) is 29.8 Å². The number of nitrogen functional groups attached to an aromatic ring is 1. The van der Waals surface area contributed by atoms with Crippen molar-refractivity contribution in [2.24, 2.45) is 0 Å². The molecule has 1 amide bonds. The van der Waals surface area contributed by atoms with E-state index in [1.165, 1.54) is 18.3 Å². The van der Waals surface area contributed by atoms with Crippen LogP contribution in [0.4, 0.5) is 23.4 Å². The molecule has 0 unspecified atom stereocenters. The third-order valence-corrected chi connectivity index (χ3v) is 3.77. The monoisotopic (exact) mass is 421 g/mol. The highest BCUT2D eigenvalue weighted by Crippen LogP contribution is 2.30. The number of alkyl halides is 3. The molecule has 1 aromatic heterocycles. The van der Waals surface area contributed by atoms with Gasteiger partial charge in [-0.3, -0.25) is 4.79 Å². The first-order valence-corrected chi connectivity index (χ1v) is 8.51. The minimum Gasteiger partial charge on any atom is -0.457 e. The van der Waals surface area contributed by atoms with Crippen molar-refractivity contribution < 1.29 is 31.8 Å². The Hall–Kier alpha value is -3.82. The zero-order chi connectivity index (χ0) is 21.7. The molecule has 0 bridgehead atoms. The molecule has 1 heterocycles. The summed E-state index contributed by atoms with van der Waals surface area (Å²) < 4.78 is 59.5. The second-order valence-corrected chi connectivity index (χ2v) is 6.04. The molecule has 0 aliphatic heterocycles. The second kappa shape index (κ2) is 8.68. The topological polar surface area (TPSA) is 86.5 Å². The molecule has 0 saturated heterocycles. The van der Waals surface area contributed by atoms with Gasteiger partial charge in [0.2, 0.25) is 0 Å². The number of nitrogens with one attached hydrogen (secondary N) is 1. The van der Waals surface area contributed by atoms with Gasteiger partial charge in [-0.1, -0.05) is 12.1 Å². The van der Waals surface area contributed by atoms with E-state index in [9.17, 15) is 22.4 Å². The Kier molecular flexibility index (Phi) is 6.05. The van der Waals surface area contributed by atoms with Gasteiger partial charge in [0.1, 0.15) is 28.9 Å². The number of anilines is 1. The van der Waals surface area contributed by atoms with Crippen molar-refractivity contribution in [2.75, 3.05) is 5.73 Å². The number of aromatic nitrogens is 1. The number of hydrogen-bond acceptors (Lipinski definition) is 5. The Labute approximate surface area is 168 Å². The summed E-state index contributed by atoms with van der Waals surface area (Å²) in [6.07, 6.45) is -3.47. The van der Waals surface area contributed by atoms with Crippen LogP contribution in [-0.2, 0) is 6.54 Å². The molecule has 156 valence electrons. The first kappa shape index (κ1) is 20.9. The van der Waals surface area contributed by atoms with Crippen LogP contribution in [0.15, 0.2) is 60.8 Å². The third-order valence-electron chi connectivity index (χ3n) is 3.77. The Morgan fingerprint density at radius 1 is 1.03 bits per heavy atom. The molecule has 0 spiro atoms. The molecule has 0 aliphatic carbocycles. The van der Waals surface area contributed by atoms with E-state index in [1.54, 1.807) is 24.3 Å². The summed E-state index contributed by atoms with van der Waals surface area (Å²) in [6, 6.07) is 11.9. The summed E-state index contributed by atoms with van der Waals surface area (Å²) in [7, 11) is 0. The van der Waals surface area contributed by atoms with E-state index in [2.05, 4.69) is 15.0 Å². The van der Waals surface area contributed by atoms with Gasteiger partial charge >= 0.3 is 6.36 Å². The Morgan fingerprint density at radius 3 is 2.40 bits per heavy atom. The fraction of sp³-hybridized carbons (Fsp3) is 0.100. The van der Waals surface area contributed by atoms with E-state index >= 15 is 0 Å². The van der Waals surface area contributed by atoms with Crippen molar-refractivity contribution in [3.63, 3.8) is 0 Å². The normalized spacial score (nSPS) is 11.1. The highest BCUT2D eigenvalue weighted by Gasteiger charge is 2.31. The number of halogens is 4. The van der Waals surface area contributed by atoms with Gasteiger partial charge in [0.25, 0.3) is 5.91 Å². The summed E-state index contributed by atoms with van der Waals surface area (Å²) in [4.78, 5) is 16.0. The Balaban J connectivity index is 1.62. The number of hydrogen-bond donors (Lipinski definition) is 2. The molecule has 3 N–H and O–H groups in total. The molecule has 0 atom stereocenters. The molecule has 30 heavy (non-hydrogen) atoms. The number of rotatable bonds is 6. The molecular formula is C20H15F4N3O3. The largest absolute Gasteiger partial charge is 0.573 e. The van der Waals surface area contributed by atoms with Crippen molar-refractivity contribution in [1.82, 2.24) is 10.3 Å². The van der Waals surface area contributed by atoms with Crippen LogP contribution in [0.25, 0.3) is 0 Å². The average Bonchev–Trinajstić information content (AvgIpc) is 2.66. The van der Waals surface area contributed by atoms with Crippen LogP contribution in [0.2, 0.25) is 0 Å². The Bertz CT molecular complexity index is 1040. The van der Waals surface area contributed by atoms with Crippen molar-refractivity contribution in [3.05, 3.63) is 77.7 Å². The first-order valence-electron chi connectivity index (χ1n) is 8.51. The summed E-state index contributed by atoms with van der Waals surface area (Å²) in [5.74, 6) is -1.86. The number of ether oxygens (including phenoxy) is 2. The molecule has 3 rings (SSSR count). The number of amides is 1. The number of carbonyl (C=O) groups is 1. The van der Waals surface area contributed by atoms with Crippen LogP contribution < -0.4 is 20.5 Å². The lowest BCUT2D eigenvalue weighted by atomic mass is 10.2. The number of pyridine rings is 1. The zero-order valence-electron chi connectivity index (χ0n) is 15.2. The van der Waals surface area contributed by atoms with E-state index in [-0.39, 0.29) is 29.4 Å². The summed E-state index contributed by atoms with van der Waals surface area (Å²) in [5.41, 5.74) is 6.62.